The Morgan fingerprint density at radius 1 is 1.40 bits per heavy atom. The number of piperidine rings is 1. The zero-order valence-corrected chi connectivity index (χ0v) is 13.8. The monoisotopic (exact) mass is 338 g/mol. The number of rotatable bonds is 4. The molecule has 0 atom stereocenters. The first kappa shape index (κ1) is 15.5. The van der Waals surface area contributed by atoms with Gasteiger partial charge in [-0.3, -0.25) is 4.79 Å². The molecule has 0 aromatic heterocycles. The first-order valence-electron chi connectivity index (χ1n) is 7.36. The summed E-state index contributed by atoms with van der Waals surface area (Å²) < 4.78 is 0.994. The van der Waals surface area contributed by atoms with Crippen LogP contribution in [0.1, 0.15) is 38.2 Å². The van der Waals surface area contributed by atoms with Crippen molar-refractivity contribution in [1.29, 1.82) is 0 Å². The summed E-state index contributed by atoms with van der Waals surface area (Å²) in [5.41, 5.74) is 1.81. The van der Waals surface area contributed by atoms with Crippen molar-refractivity contribution >= 4 is 27.5 Å². The maximum Gasteiger partial charge on any atom is 0.230 e. The summed E-state index contributed by atoms with van der Waals surface area (Å²) in [6.45, 7) is 6.05. The lowest BCUT2D eigenvalue weighted by atomic mass is 9.74. The van der Waals surface area contributed by atoms with Crippen LogP contribution >= 0.6 is 15.9 Å². The molecule has 1 heterocycles. The zero-order valence-electron chi connectivity index (χ0n) is 12.3. The van der Waals surface area contributed by atoms with E-state index in [4.69, 9.17) is 0 Å². The molecular formula is C16H23BrN2O. The van der Waals surface area contributed by atoms with Crippen molar-refractivity contribution in [3.63, 3.8) is 0 Å². The summed E-state index contributed by atoms with van der Waals surface area (Å²) in [7, 11) is 0. The Morgan fingerprint density at radius 3 is 2.75 bits per heavy atom. The third kappa shape index (κ3) is 3.41. The quantitative estimate of drug-likeness (QED) is 0.874. The predicted molar refractivity (Wildman–Crippen MR) is 87.0 cm³/mol. The maximum atomic E-state index is 12.8. The van der Waals surface area contributed by atoms with Gasteiger partial charge in [0.25, 0.3) is 0 Å². The van der Waals surface area contributed by atoms with Crippen LogP contribution < -0.4 is 10.6 Å². The molecule has 2 N–H and O–H groups in total. The second kappa shape index (κ2) is 6.72. The maximum absolute atomic E-state index is 12.8. The Bertz CT molecular complexity index is 476. The first-order chi connectivity index (χ1) is 9.57. The number of amides is 1. The fraction of sp³-hybridized carbons (Fsp3) is 0.562. The van der Waals surface area contributed by atoms with E-state index < -0.39 is 0 Å². The van der Waals surface area contributed by atoms with Gasteiger partial charge in [-0.1, -0.05) is 35.3 Å². The van der Waals surface area contributed by atoms with E-state index in [1.54, 1.807) is 0 Å². The van der Waals surface area contributed by atoms with Crippen molar-refractivity contribution in [2.75, 3.05) is 18.4 Å². The van der Waals surface area contributed by atoms with Gasteiger partial charge >= 0.3 is 0 Å². The minimum absolute atomic E-state index is 0.182. The number of anilines is 1. The zero-order chi connectivity index (χ0) is 14.6. The highest BCUT2D eigenvalue weighted by molar-refractivity contribution is 9.10. The normalized spacial score (nSPS) is 17.8. The topological polar surface area (TPSA) is 41.1 Å². The van der Waals surface area contributed by atoms with Gasteiger partial charge in [-0.25, -0.2) is 0 Å². The molecule has 1 aromatic rings. The lowest BCUT2D eigenvalue weighted by Gasteiger charge is -2.36. The summed E-state index contributed by atoms with van der Waals surface area (Å²) in [5.74, 6) is 0.182. The van der Waals surface area contributed by atoms with Crippen LogP contribution in [0.4, 0.5) is 5.69 Å². The number of hydrogen-bond donors (Lipinski definition) is 2. The van der Waals surface area contributed by atoms with Gasteiger partial charge in [0, 0.05) is 10.2 Å². The van der Waals surface area contributed by atoms with E-state index in [1.807, 2.05) is 25.1 Å². The Balaban J connectivity index is 2.18. The summed E-state index contributed by atoms with van der Waals surface area (Å²) in [4.78, 5) is 12.8. The van der Waals surface area contributed by atoms with Crippen molar-refractivity contribution in [1.82, 2.24) is 5.32 Å². The van der Waals surface area contributed by atoms with Gasteiger partial charge in [-0.2, -0.15) is 0 Å². The number of aryl methyl sites for hydroxylation is 1. The SMILES string of the molecule is CCCC1(C(=O)Nc2cc(Br)ccc2C)CCNCC1. The number of carbonyl (C=O) groups excluding carboxylic acids is 1. The van der Waals surface area contributed by atoms with Crippen LogP contribution in [0.15, 0.2) is 22.7 Å². The van der Waals surface area contributed by atoms with Crippen LogP contribution in [-0.2, 0) is 4.79 Å². The largest absolute Gasteiger partial charge is 0.325 e. The van der Waals surface area contributed by atoms with Crippen molar-refractivity contribution in [3.8, 4) is 0 Å². The van der Waals surface area contributed by atoms with Crippen LogP contribution in [0.25, 0.3) is 0 Å². The van der Waals surface area contributed by atoms with E-state index in [9.17, 15) is 4.79 Å². The van der Waals surface area contributed by atoms with E-state index in [-0.39, 0.29) is 11.3 Å². The van der Waals surface area contributed by atoms with E-state index in [0.717, 1.165) is 54.5 Å². The number of hydrogen-bond acceptors (Lipinski definition) is 2. The van der Waals surface area contributed by atoms with E-state index in [0.29, 0.717) is 0 Å². The van der Waals surface area contributed by atoms with Gasteiger partial charge < -0.3 is 10.6 Å². The Labute approximate surface area is 129 Å². The van der Waals surface area contributed by atoms with Gasteiger partial charge in [-0.15, -0.1) is 0 Å². The third-order valence-corrected chi connectivity index (χ3v) is 4.71. The van der Waals surface area contributed by atoms with Crippen LogP contribution in [0, 0.1) is 12.3 Å². The van der Waals surface area contributed by atoms with Crippen molar-refractivity contribution in [3.05, 3.63) is 28.2 Å². The molecule has 0 bridgehead atoms. The van der Waals surface area contributed by atoms with E-state index in [2.05, 4.69) is 33.5 Å². The molecule has 1 aliphatic heterocycles. The molecule has 0 unspecified atom stereocenters. The molecule has 1 saturated heterocycles. The third-order valence-electron chi connectivity index (χ3n) is 4.22. The molecule has 2 rings (SSSR count). The van der Waals surface area contributed by atoms with Gasteiger partial charge in [0.15, 0.2) is 0 Å². The van der Waals surface area contributed by atoms with Gasteiger partial charge in [0.1, 0.15) is 0 Å². The summed E-state index contributed by atoms with van der Waals surface area (Å²) in [6, 6.07) is 6.00. The lowest BCUT2D eigenvalue weighted by Crippen LogP contribution is -2.44. The molecule has 20 heavy (non-hydrogen) atoms. The highest BCUT2D eigenvalue weighted by Gasteiger charge is 2.38. The van der Waals surface area contributed by atoms with Crippen LogP contribution in [0.5, 0.6) is 0 Å². The highest BCUT2D eigenvalue weighted by atomic mass is 79.9. The second-order valence-corrected chi connectivity index (χ2v) is 6.61. The fourth-order valence-corrected chi connectivity index (χ4v) is 3.32. The smallest absolute Gasteiger partial charge is 0.230 e. The van der Waals surface area contributed by atoms with E-state index >= 15 is 0 Å². The molecule has 0 aliphatic carbocycles. The fourth-order valence-electron chi connectivity index (χ4n) is 2.96. The average molecular weight is 339 g/mol. The molecule has 110 valence electrons. The van der Waals surface area contributed by atoms with Crippen molar-refractivity contribution in [2.24, 2.45) is 5.41 Å². The Kier molecular flexibility index (Phi) is 5.22. The average Bonchev–Trinajstić information content (AvgIpc) is 2.44. The first-order valence-corrected chi connectivity index (χ1v) is 8.15. The summed E-state index contributed by atoms with van der Waals surface area (Å²) in [5, 5.41) is 6.50. The standard InChI is InChI=1S/C16H23BrN2O/c1-3-6-16(7-9-18-10-8-16)15(20)19-14-11-13(17)5-4-12(14)2/h4-5,11,18H,3,6-10H2,1-2H3,(H,19,20). The Hall–Kier alpha value is -0.870. The van der Waals surface area contributed by atoms with Gasteiger partial charge in [0.2, 0.25) is 5.91 Å². The molecule has 1 aromatic carbocycles. The van der Waals surface area contributed by atoms with Crippen LogP contribution in [0.2, 0.25) is 0 Å². The molecule has 1 aliphatic rings. The second-order valence-electron chi connectivity index (χ2n) is 5.69. The minimum Gasteiger partial charge on any atom is -0.325 e. The molecule has 1 amide bonds. The van der Waals surface area contributed by atoms with Crippen molar-refractivity contribution < 1.29 is 4.79 Å². The molecule has 4 heteroatoms. The number of benzene rings is 1. The van der Waals surface area contributed by atoms with Crippen LogP contribution in [0.3, 0.4) is 0 Å². The number of nitrogens with one attached hydrogen (secondary N) is 2. The van der Waals surface area contributed by atoms with Crippen molar-refractivity contribution in [2.45, 2.75) is 39.5 Å². The molecule has 0 spiro atoms. The molecular weight excluding hydrogens is 316 g/mol. The molecule has 3 nitrogen and oxygen atoms in total. The molecule has 0 radical (unpaired) electrons. The summed E-state index contributed by atoms with van der Waals surface area (Å²) in [6.07, 6.45) is 3.87. The van der Waals surface area contributed by atoms with E-state index in [1.165, 1.54) is 0 Å². The van der Waals surface area contributed by atoms with Crippen LogP contribution in [-0.4, -0.2) is 19.0 Å². The minimum atomic E-state index is -0.200. The predicted octanol–water partition coefficient (Wildman–Crippen LogP) is 3.87. The lowest BCUT2D eigenvalue weighted by molar-refractivity contribution is -0.127. The summed E-state index contributed by atoms with van der Waals surface area (Å²) >= 11 is 3.47. The number of halogens is 1. The molecule has 1 fully saturated rings. The number of carbonyl (C=O) groups is 1. The Morgan fingerprint density at radius 2 is 2.10 bits per heavy atom. The van der Waals surface area contributed by atoms with Gasteiger partial charge in [-0.05, 0) is 57.0 Å². The van der Waals surface area contributed by atoms with Gasteiger partial charge in [0.05, 0.1) is 5.41 Å². The molecule has 0 saturated carbocycles. The highest BCUT2D eigenvalue weighted by Crippen LogP contribution is 2.36.